The van der Waals surface area contributed by atoms with Crippen LogP contribution in [0.25, 0.3) is 10.8 Å². The lowest BCUT2D eigenvalue weighted by molar-refractivity contribution is 0.107. The third kappa shape index (κ3) is 1.89. The SMILES string of the molecule is CCOc1ccc2ccccc2c1C(=O)Cl. The van der Waals surface area contributed by atoms with Crippen LogP contribution in [-0.2, 0) is 0 Å². The predicted molar refractivity (Wildman–Crippen MR) is 65.3 cm³/mol. The van der Waals surface area contributed by atoms with Crippen molar-refractivity contribution in [1.29, 1.82) is 0 Å². The molecule has 0 spiro atoms. The van der Waals surface area contributed by atoms with Gasteiger partial charge in [-0.2, -0.15) is 0 Å². The molecule has 82 valence electrons. The van der Waals surface area contributed by atoms with Gasteiger partial charge in [-0.15, -0.1) is 0 Å². The van der Waals surface area contributed by atoms with Gasteiger partial charge in [-0.05, 0) is 35.4 Å². The Labute approximate surface area is 98.8 Å². The first-order valence-corrected chi connectivity index (χ1v) is 5.46. The molecule has 0 aliphatic carbocycles. The highest BCUT2D eigenvalue weighted by Crippen LogP contribution is 2.29. The first kappa shape index (κ1) is 11.0. The van der Waals surface area contributed by atoms with E-state index in [1.165, 1.54) is 0 Å². The van der Waals surface area contributed by atoms with Gasteiger partial charge in [-0.1, -0.05) is 30.3 Å². The van der Waals surface area contributed by atoms with E-state index >= 15 is 0 Å². The highest BCUT2D eigenvalue weighted by molar-refractivity contribution is 6.69. The summed E-state index contributed by atoms with van der Waals surface area (Å²) in [5, 5.41) is 1.32. The van der Waals surface area contributed by atoms with E-state index in [9.17, 15) is 4.79 Å². The molecule has 0 heterocycles. The summed E-state index contributed by atoms with van der Waals surface area (Å²) in [5.41, 5.74) is 0.446. The summed E-state index contributed by atoms with van der Waals surface area (Å²) in [6.45, 7) is 2.38. The van der Waals surface area contributed by atoms with Crippen LogP contribution in [0.1, 0.15) is 17.3 Å². The number of carbonyl (C=O) groups excluding carboxylic acids is 1. The molecule has 16 heavy (non-hydrogen) atoms. The highest BCUT2D eigenvalue weighted by Gasteiger charge is 2.13. The van der Waals surface area contributed by atoms with Crippen LogP contribution in [0.15, 0.2) is 36.4 Å². The standard InChI is InChI=1S/C13H11ClO2/c1-2-16-11-8-7-9-5-3-4-6-10(9)12(11)13(14)15/h3-8H,2H2,1H3. The molecule has 0 bridgehead atoms. The van der Waals surface area contributed by atoms with Crippen LogP contribution >= 0.6 is 11.6 Å². The summed E-state index contributed by atoms with van der Waals surface area (Å²) in [6.07, 6.45) is 0. The average Bonchev–Trinajstić information content (AvgIpc) is 2.28. The Bertz CT molecular complexity index is 534. The molecule has 0 aromatic heterocycles. The first-order chi connectivity index (χ1) is 7.74. The van der Waals surface area contributed by atoms with Crippen molar-refractivity contribution in [3.8, 4) is 5.75 Å². The van der Waals surface area contributed by atoms with Crippen molar-refractivity contribution in [2.24, 2.45) is 0 Å². The number of fused-ring (bicyclic) bond motifs is 1. The maximum atomic E-state index is 11.4. The Morgan fingerprint density at radius 1 is 1.25 bits per heavy atom. The maximum absolute atomic E-state index is 11.4. The van der Waals surface area contributed by atoms with Crippen LogP contribution in [0.5, 0.6) is 5.75 Å². The monoisotopic (exact) mass is 234 g/mol. The van der Waals surface area contributed by atoms with Crippen molar-refractivity contribution in [3.05, 3.63) is 42.0 Å². The summed E-state index contributed by atoms with van der Waals surface area (Å²) < 4.78 is 5.40. The third-order valence-corrected chi connectivity index (χ3v) is 2.58. The van der Waals surface area contributed by atoms with Crippen LogP contribution in [0.4, 0.5) is 0 Å². The van der Waals surface area contributed by atoms with Crippen LogP contribution in [0.2, 0.25) is 0 Å². The Hall–Kier alpha value is -1.54. The van der Waals surface area contributed by atoms with Gasteiger partial charge in [0.15, 0.2) is 0 Å². The van der Waals surface area contributed by atoms with Crippen LogP contribution in [-0.4, -0.2) is 11.8 Å². The quantitative estimate of drug-likeness (QED) is 0.759. The van der Waals surface area contributed by atoms with E-state index in [1.807, 2.05) is 37.3 Å². The third-order valence-electron chi connectivity index (χ3n) is 2.39. The van der Waals surface area contributed by atoms with Gasteiger partial charge in [0.2, 0.25) is 0 Å². The molecule has 0 radical (unpaired) electrons. The smallest absolute Gasteiger partial charge is 0.256 e. The lowest BCUT2D eigenvalue weighted by atomic mass is 10.0. The van der Waals surface area contributed by atoms with E-state index < -0.39 is 5.24 Å². The molecule has 0 N–H and O–H groups in total. The molecular formula is C13H11ClO2. The van der Waals surface area contributed by atoms with Gasteiger partial charge in [-0.25, -0.2) is 0 Å². The highest BCUT2D eigenvalue weighted by atomic mass is 35.5. The zero-order chi connectivity index (χ0) is 11.5. The topological polar surface area (TPSA) is 26.3 Å². The summed E-state index contributed by atoms with van der Waals surface area (Å²) >= 11 is 5.60. The largest absolute Gasteiger partial charge is 0.493 e. The van der Waals surface area contributed by atoms with Gasteiger partial charge >= 0.3 is 0 Å². The van der Waals surface area contributed by atoms with Gasteiger partial charge in [0.05, 0.1) is 12.2 Å². The number of carbonyl (C=O) groups is 1. The minimum atomic E-state index is -0.486. The molecule has 2 rings (SSSR count). The number of ether oxygens (including phenoxy) is 1. The van der Waals surface area contributed by atoms with Gasteiger partial charge in [0, 0.05) is 0 Å². The Kier molecular flexibility index (Phi) is 3.11. The molecule has 0 aliphatic rings. The van der Waals surface area contributed by atoms with Crippen LogP contribution in [0, 0.1) is 0 Å². The molecule has 0 amide bonds. The minimum absolute atomic E-state index is 0.446. The molecule has 2 nitrogen and oxygen atoms in total. The number of benzene rings is 2. The summed E-state index contributed by atoms with van der Waals surface area (Å²) in [7, 11) is 0. The maximum Gasteiger partial charge on any atom is 0.256 e. The number of hydrogen-bond donors (Lipinski definition) is 0. The molecule has 0 aliphatic heterocycles. The normalized spacial score (nSPS) is 10.4. The summed E-state index contributed by atoms with van der Waals surface area (Å²) in [5.74, 6) is 0.543. The summed E-state index contributed by atoms with van der Waals surface area (Å²) in [4.78, 5) is 11.4. The molecule has 2 aromatic rings. The lowest BCUT2D eigenvalue weighted by Crippen LogP contribution is -2.00. The average molecular weight is 235 g/mol. The van der Waals surface area contributed by atoms with E-state index in [1.54, 1.807) is 6.07 Å². The van der Waals surface area contributed by atoms with Gasteiger partial charge < -0.3 is 4.74 Å². The van der Waals surface area contributed by atoms with Crippen molar-refractivity contribution >= 4 is 27.6 Å². The van der Waals surface area contributed by atoms with E-state index in [0.717, 1.165) is 10.8 Å². The van der Waals surface area contributed by atoms with Crippen LogP contribution < -0.4 is 4.74 Å². The van der Waals surface area contributed by atoms with Crippen LogP contribution in [0.3, 0.4) is 0 Å². The predicted octanol–water partition coefficient (Wildman–Crippen LogP) is 3.62. The van der Waals surface area contributed by atoms with Crippen molar-refractivity contribution in [1.82, 2.24) is 0 Å². The van der Waals surface area contributed by atoms with E-state index in [-0.39, 0.29) is 0 Å². The zero-order valence-corrected chi connectivity index (χ0v) is 9.62. The first-order valence-electron chi connectivity index (χ1n) is 5.08. The van der Waals surface area contributed by atoms with Crippen molar-refractivity contribution in [2.75, 3.05) is 6.61 Å². The second-order valence-corrected chi connectivity index (χ2v) is 3.71. The minimum Gasteiger partial charge on any atom is -0.493 e. The fraction of sp³-hybridized carbons (Fsp3) is 0.154. The van der Waals surface area contributed by atoms with Crippen molar-refractivity contribution < 1.29 is 9.53 Å². The summed E-state index contributed by atoms with van der Waals surface area (Å²) in [6, 6.07) is 11.3. The number of hydrogen-bond acceptors (Lipinski definition) is 2. The second kappa shape index (κ2) is 4.54. The van der Waals surface area contributed by atoms with Gasteiger partial charge in [0.1, 0.15) is 5.75 Å². The molecule has 0 saturated carbocycles. The Balaban J connectivity index is 2.73. The van der Waals surface area contributed by atoms with Gasteiger partial charge in [-0.3, -0.25) is 4.79 Å². The van der Waals surface area contributed by atoms with Crippen molar-refractivity contribution in [3.63, 3.8) is 0 Å². The number of rotatable bonds is 3. The lowest BCUT2D eigenvalue weighted by Gasteiger charge is -2.09. The molecule has 0 unspecified atom stereocenters. The fourth-order valence-electron chi connectivity index (χ4n) is 1.73. The molecule has 0 fully saturated rings. The van der Waals surface area contributed by atoms with E-state index in [0.29, 0.717) is 17.9 Å². The number of halogens is 1. The molecular weight excluding hydrogens is 224 g/mol. The molecule has 0 saturated heterocycles. The van der Waals surface area contributed by atoms with Gasteiger partial charge in [0.25, 0.3) is 5.24 Å². The van der Waals surface area contributed by atoms with Crippen molar-refractivity contribution in [2.45, 2.75) is 6.92 Å². The fourth-order valence-corrected chi connectivity index (χ4v) is 1.92. The Morgan fingerprint density at radius 3 is 2.69 bits per heavy atom. The Morgan fingerprint density at radius 2 is 2.00 bits per heavy atom. The molecule has 2 aromatic carbocycles. The zero-order valence-electron chi connectivity index (χ0n) is 8.87. The van der Waals surface area contributed by atoms with E-state index in [2.05, 4.69) is 0 Å². The van der Waals surface area contributed by atoms with E-state index in [4.69, 9.17) is 16.3 Å². The second-order valence-electron chi connectivity index (χ2n) is 3.37. The molecule has 3 heteroatoms. The molecule has 0 atom stereocenters.